The van der Waals surface area contributed by atoms with Gasteiger partial charge in [0.05, 0.1) is 3.79 Å². The summed E-state index contributed by atoms with van der Waals surface area (Å²) < 4.78 is 27.8. The van der Waals surface area contributed by atoms with Gasteiger partial charge in [0.2, 0.25) is 10.0 Å². The van der Waals surface area contributed by atoms with E-state index in [2.05, 4.69) is 26.0 Å². The molecule has 0 spiro atoms. The maximum atomic E-state index is 11.9. The second-order valence-corrected chi connectivity index (χ2v) is 8.58. The van der Waals surface area contributed by atoms with Crippen LogP contribution in [0.3, 0.4) is 0 Å². The van der Waals surface area contributed by atoms with Crippen LogP contribution in [0.1, 0.15) is 12.8 Å². The van der Waals surface area contributed by atoms with Crippen molar-refractivity contribution in [3.05, 3.63) is 15.9 Å². The number of hydrogen-bond donors (Lipinski definition) is 2. The predicted octanol–water partition coefficient (Wildman–Crippen LogP) is 2.21. The average molecular weight is 376 g/mol. The molecule has 18 heavy (non-hydrogen) atoms. The normalized spacial score (nSPS) is 20.4. The summed E-state index contributed by atoms with van der Waals surface area (Å²) in [5, 5.41) is 3.28. The van der Waals surface area contributed by atoms with Gasteiger partial charge >= 0.3 is 0 Å². The van der Waals surface area contributed by atoms with Crippen molar-refractivity contribution in [1.29, 1.82) is 0 Å². The highest BCUT2D eigenvalue weighted by Gasteiger charge is 2.19. The summed E-state index contributed by atoms with van der Waals surface area (Å²) in [6.45, 7) is 2.46. The van der Waals surface area contributed by atoms with Crippen LogP contribution in [0.15, 0.2) is 20.1 Å². The van der Waals surface area contributed by atoms with E-state index in [4.69, 9.17) is 0 Å². The van der Waals surface area contributed by atoms with Crippen molar-refractivity contribution >= 4 is 49.7 Å². The Labute approximate surface area is 126 Å². The third kappa shape index (κ3) is 4.47. The summed E-state index contributed by atoms with van der Waals surface area (Å²) in [7, 11) is -3.33. The lowest BCUT2D eigenvalue weighted by Crippen LogP contribution is -2.37. The van der Waals surface area contributed by atoms with Crippen LogP contribution in [0.2, 0.25) is 0 Å². The van der Waals surface area contributed by atoms with E-state index >= 15 is 0 Å². The fourth-order valence-electron chi connectivity index (χ4n) is 1.84. The van der Waals surface area contributed by atoms with Gasteiger partial charge in [0.25, 0.3) is 0 Å². The van der Waals surface area contributed by atoms with Crippen molar-refractivity contribution in [3.63, 3.8) is 0 Å². The molecular formula is C10H16BrClN2O2S2. The molecule has 0 aliphatic carbocycles. The lowest BCUT2D eigenvalue weighted by molar-refractivity contribution is 0.376. The van der Waals surface area contributed by atoms with Crippen LogP contribution in [0.5, 0.6) is 0 Å². The molecule has 104 valence electrons. The Morgan fingerprint density at radius 2 is 2.28 bits per heavy atom. The summed E-state index contributed by atoms with van der Waals surface area (Å²) in [4.78, 5) is 0. The quantitative estimate of drug-likeness (QED) is 0.848. The zero-order chi connectivity index (χ0) is 12.3. The van der Waals surface area contributed by atoms with Gasteiger partial charge in [0, 0.05) is 6.54 Å². The van der Waals surface area contributed by atoms with Crippen molar-refractivity contribution in [2.24, 2.45) is 5.92 Å². The molecule has 2 heterocycles. The summed E-state index contributed by atoms with van der Waals surface area (Å²) in [5.74, 6) is 0.405. The van der Waals surface area contributed by atoms with Crippen molar-refractivity contribution in [1.82, 2.24) is 10.0 Å². The molecule has 1 aromatic heterocycles. The number of piperidine rings is 1. The smallest absolute Gasteiger partial charge is 0.250 e. The zero-order valence-electron chi connectivity index (χ0n) is 9.69. The molecule has 1 aromatic rings. The van der Waals surface area contributed by atoms with E-state index in [0.29, 0.717) is 16.7 Å². The Bertz CT molecular complexity index is 472. The second kappa shape index (κ2) is 7.21. The maximum absolute atomic E-state index is 11.9. The monoisotopic (exact) mass is 374 g/mol. The molecule has 1 fully saturated rings. The van der Waals surface area contributed by atoms with Crippen LogP contribution in [-0.4, -0.2) is 28.1 Å². The topological polar surface area (TPSA) is 58.2 Å². The highest BCUT2D eigenvalue weighted by atomic mass is 79.9. The minimum Gasteiger partial charge on any atom is -0.316 e. The minimum absolute atomic E-state index is 0. The SMILES string of the molecule is Cl.O=S(=O)(NCC1CCCNC1)c1ccc(Br)s1. The largest absolute Gasteiger partial charge is 0.316 e. The maximum Gasteiger partial charge on any atom is 0.250 e. The number of nitrogens with one attached hydrogen (secondary N) is 2. The number of sulfonamides is 1. The van der Waals surface area contributed by atoms with Gasteiger partial charge in [0.1, 0.15) is 4.21 Å². The van der Waals surface area contributed by atoms with E-state index in [1.54, 1.807) is 12.1 Å². The first kappa shape index (κ1) is 16.4. The first-order chi connectivity index (χ1) is 8.08. The van der Waals surface area contributed by atoms with Crippen molar-refractivity contribution in [2.45, 2.75) is 17.1 Å². The molecule has 0 aromatic carbocycles. The van der Waals surface area contributed by atoms with Gasteiger partial charge in [-0.15, -0.1) is 23.7 Å². The highest BCUT2D eigenvalue weighted by molar-refractivity contribution is 9.11. The fourth-order valence-corrected chi connectivity index (χ4v) is 5.01. The molecule has 1 aliphatic heterocycles. The molecule has 0 radical (unpaired) electrons. The molecule has 0 saturated carbocycles. The molecule has 1 aliphatic rings. The van der Waals surface area contributed by atoms with Gasteiger partial charge in [-0.05, 0) is 59.9 Å². The first-order valence-electron chi connectivity index (χ1n) is 5.53. The Morgan fingerprint density at radius 1 is 1.50 bits per heavy atom. The third-order valence-electron chi connectivity index (χ3n) is 2.77. The van der Waals surface area contributed by atoms with Crippen molar-refractivity contribution < 1.29 is 8.42 Å². The number of hydrogen-bond acceptors (Lipinski definition) is 4. The Balaban J connectivity index is 0.00000162. The van der Waals surface area contributed by atoms with Gasteiger partial charge in [0.15, 0.2) is 0 Å². The Hall–Kier alpha value is 0.340. The van der Waals surface area contributed by atoms with Crippen LogP contribution in [0.25, 0.3) is 0 Å². The fraction of sp³-hybridized carbons (Fsp3) is 0.600. The molecule has 0 amide bonds. The molecule has 8 heteroatoms. The summed E-state index contributed by atoms with van der Waals surface area (Å²) in [5.41, 5.74) is 0. The van der Waals surface area contributed by atoms with Crippen LogP contribution < -0.4 is 10.0 Å². The van der Waals surface area contributed by atoms with Crippen molar-refractivity contribution in [3.8, 4) is 0 Å². The molecule has 1 saturated heterocycles. The Morgan fingerprint density at radius 3 is 2.83 bits per heavy atom. The first-order valence-corrected chi connectivity index (χ1v) is 8.63. The zero-order valence-corrected chi connectivity index (χ0v) is 13.7. The molecule has 2 rings (SSSR count). The molecule has 1 unspecified atom stereocenters. The summed E-state index contributed by atoms with van der Waals surface area (Å²) >= 11 is 4.50. The van der Waals surface area contributed by atoms with Crippen molar-refractivity contribution in [2.75, 3.05) is 19.6 Å². The van der Waals surface area contributed by atoms with Crippen LogP contribution in [0.4, 0.5) is 0 Å². The predicted molar refractivity (Wildman–Crippen MR) is 80.0 cm³/mol. The molecule has 2 N–H and O–H groups in total. The minimum atomic E-state index is -3.33. The standard InChI is InChI=1S/C10H15BrN2O2S2.ClH/c11-9-3-4-10(16-9)17(14,15)13-7-8-2-1-5-12-6-8;/h3-4,8,12-13H,1-2,5-7H2;1H. The van der Waals surface area contributed by atoms with Crippen LogP contribution in [0, 0.1) is 5.92 Å². The van der Waals surface area contributed by atoms with Crippen LogP contribution >= 0.6 is 39.7 Å². The second-order valence-electron chi connectivity index (χ2n) is 4.12. The van der Waals surface area contributed by atoms with Gasteiger partial charge in [-0.3, -0.25) is 0 Å². The van der Waals surface area contributed by atoms with E-state index in [1.165, 1.54) is 11.3 Å². The van der Waals surface area contributed by atoms with E-state index in [9.17, 15) is 8.42 Å². The molecular weight excluding hydrogens is 360 g/mol. The lowest BCUT2D eigenvalue weighted by Gasteiger charge is -2.22. The summed E-state index contributed by atoms with van der Waals surface area (Å²) in [6.07, 6.45) is 2.21. The number of rotatable bonds is 4. The van der Waals surface area contributed by atoms with Gasteiger partial charge < -0.3 is 5.32 Å². The lowest BCUT2D eigenvalue weighted by atomic mass is 10.0. The highest BCUT2D eigenvalue weighted by Crippen LogP contribution is 2.25. The number of thiophene rings is 1. The molecule has 4 nitrogen and oxygen atoms in total. The van der Waals surface area contributed by atoms with E-state index in [0.717, 1.165) is 29.7 Å². The van der Waals surface area contributed by atoms with Gasteiger partial charge in [-0.2, -0.15) is 0 Å². The van der Waals surface area contributed by atoms with E-state index < -0.39 is 10.0 Å². The third-order valence-corrected chi connectivity index (χ3v) is 6.31. The average Bonchev–Trinajstić information content (AvgIpc) is 2.76. The van der Waals surface area contributed by atoms with Gasteiger partial charge in [-0.25, -0.2) is 13.1 Å². The Kier molecular flexibility index (Phi) is 6.57. The van der Waals surface area contributed by atoms with Gasteiger partial charge in [-0.1, -0.05) is 0 Å². The van der Waals surface area contributed by atoms with Crippen LogP contribution in [-0.2, 0) is 10.0 Å². The van der Waals surface area contributed by atoms with E-state index in [-0.39, 0.29) is 12.4 Å². The number of halogens is 2. The van der Waals surface area contributed by atoms with E-state index in [1.807, 2.05) is 0 Å². The molecule has 0 bridgehead atoms. The molecule has 1 atom stereocenters. The summed E-state index contributed by atoms with van der Waals surface area (Å²) in [6, 6.07) is 3.37.